The summed E-state index contributed by atoms with van der Waals surface area (Å²) in [6, 6.07) is 6.27. The molecule has 4 rings (SSSR count). The number of carbonyl (C=O) groups excluding carboxylic acids is 1. The molecule has 7 nitrogen and oxygen atoms in total. The SMILES string of the molecule is Cc1cc(Nc2nccc(C(F)(F)F)n2)cc(-c2cnc(C3(O)CCC(C(N)=O)CC3)s2)c1. The number of hydrogen-bond acceptors (Lipinski definition) is 7. The van der Waals surface area contributed by atoms with Crippen LogP contribution in [0.25, 0.3) is 10.4 Å². The van der Waals surface area contributed by atoms with Crippen molar-refractivity contribution in [2.45, 2.75) is 44.4 Å². The molecule has 0 saturated heterocycles. The van der Waals surface area contributed by atoms with Crippen LogP contribution in [0.5, 0.6) is 0 Å². The van der Waals surface area contributed by atoms with Crippen molar-refractivity contribution in [2.24, 2.45) is 11.7 Å². The van der Waals surface area contributed by atoms with E-state index in [9.17, 15) is 23.1 Å². The third-order valence-corrected chi connectivity index (χ3v) is 6.92. The second kappa shape index (κ2) is 8.71. The van der Waals surface area contributed by atoms with Crippen molar-refractivity contribution in [3.8, 4) is 10.4 Å². The fourth-order valence-electron chi connectivity index (χ4n) is 3.92. The molecule has 11 heteroatoms. The first-order valence-electron chi connectivity index (χ1n) is 10.3. The molecular formula is C22H22F3N5O2S. The Morgan fingerprint density at radius 1 is 1.24 bits per heavy atom. The Morgan fingerprint density at radius 2 is 1.97 bits per heavy atom. The minimum Gasteiger partial charge on any atom is -0.383 e. The molecule has 1 aliphatic rings. The van der Waals surface area contributed by atoms with Gasteiger partial charge in [-0.05, 0) is 61.9 Å². The number of anilines is 2. The molecule has 0 bridgehead atoms. The fraction of sp³-hybridized carbons (Fsp3) is 0.364. The molecular weight excluding hydrogens is 455 g/mol. The maximum atomic E-state index is 12.9. The summed E-state index contributed by atoms with van der Waals surface area (Å²) >= 11 is 1.35. The van der Waals surface area contributed by atoms with Gasteiger partial charge in [-0.25, -0.2) is 15.0 Å². The van der Waals surface area contributed by atoms with E-state index in [1.165, 1.54) is 11.3 Å². The van der Waals surface area contributed by atoms with Gasteiger partial charge in [0.2, 0.25) is 11.9 Å². The van der Waals surface area contributed by atoms with E-state index < -0.39 is 17.5 Å². The largest absolute Gasteiger partial charge is 0.433 e. The van der Waals surface area contributed by atoms with E-state index in [1.54, 1.807) is 18.3 Å². The summed E-state index contributed by atoms with van der Waals surface area (Å²) in [4.78, 5) is 24.0. The molecule has 1 amide bonds. The molecule has 174 valence electrons. The van der Waals surface area contributed by atoms with Crippen LogP contribution in [0, 0.1) is 12.8 Å². The normalized spacial score (nSPS) is 21.1. The van der Waals surface area contributed by atoms with Crippen LogP contribution in [0.3, 0.4) is 0 Å². The van der Waals surface area contributed by atoms with Crippen LogP contribution in [0.15, 0.2) is 36.7 Å². The molecule has 0 spiro atoms. The van der Waals surface area contributed by atoms with E-state index in [1.807, 2.05) is 13.0 Å². The summed E-state index contributed by atoms with van der Waals surface area (Å²) in [7, 11) is 0. The Hall–Kier alpha value is -3.05. The molecule has 3 aromatic rings. The first-order valence-corrected chi connectivity index (χ1v) is 11.1. The Kier molecular flexibility index (Phi) is 6.10. The standard InChI is InChI=1S/C22H22F3N5O2S/c1-12-8-14(10-15(9-12)29-20-27-7-4-17(30-20)22(23,24)25)16-11-28-19(33-16)21(32)5-2-13(3-6-21)18(26)31/h4,7-11,13,32H,2-3,5-6H2,1H3,(H2,26,31)(H,27,29,30). The van der Waals surface area contributed by atoms with Crippen molar-refractivity contribution < 1.29 is 23.1 Å². The van der Waals surface area contributed by atoms with Crippen molar-refractivity contribution in [1.82, 2.24) is 15.0 Å². The molecule has 0 aliphatic heterocycles. The van der Waals surface area contributed by atoms with Crippen LogP contribution >= 0.6 is 11.3 Å². The predicted octanol–water partition coefficient (Wildman–Crippen LogP) is 4.53. The molecule has 0 unspecified atom stereocenters. The van der Waals surface area contributed by atoms with Crippen molar-refractivity contribution in [3.63, 3.8) is 0 Å². The van der Waals surface area contributed by atoms with Gasteiger partial charge in [0.25, 0.3) is 0 Å². The molecule has 1 saturated carbocycles. The number of benzene rings is 1. The van der Waals surface area contributed by atoms with Crippen molar-refractivity contribution in [1.29, 1.82) is 0 Å². The van der Waals surface area contributed by atoms with Gasteiger partial charge in [0.1, 0.15) is 16.3 Å². The Bertz CT molecular complexity index is 1170. The predicted molar refractivity (Wildman–Crippen MR) is 118 cm³/mol. The number of amides is 1. The summed E-state index contributed by atoms with van der Waals surface area (Å²) in [5.74, 6) is -0.735. The number of hydrogen-bond donors (Lipinski definition) is 3. The number of halogens is 3. The number of rotatable bonds is 5. The maximum absolute atomic E-state index is 12.9. The summed E-state index contributed by atoms with van der Waals surface area (Å²) < 4.78 is 38.8. The van der Waals surface area contributed by atoms with Crippen LogP contribution in [0.1, 0.15) is 41.9 Å². The zero-order valence-electron chi connectivity index (χ0n) is 17.7. The summed E-state index contributed by atoms with van der Waals surface area (Å²) in [6.07, 6.45) is -0.0168. The van der Waals surface area contributed by atoms with E-state index in [0.29, 0.717) is 36.4 Å². The minimum atomic E-state index is -4.56. The highest BCUT2D eigenvalue weighted by Gasteiger charge is 2.39. The van der Waals surface area contributed by atoms with Gasteiger partial charge in [0.15, 0.2) is 0 Å². The van der Waals surface area contributed by atoms with E-state index in [4.69, 9.17) is 5.73 Å². The van der Waals surface area contributed by atoms with Gasteiger partial charge in [0, 0.05) is 24.0 Å². The number of thiazole rings is 1. The lowest BCUT2D eigenvalue weighted by Crippen LogP contribution is -2.35. The van der Waals surface area contributed by atoms with Crippen LogP contribution in [-0.2, 0) is 16.6 Å². The molecule has 1 aliphatic carbocycles. The average Bonchev–Trinajstić information content (AvgIpc) is 3.25. The zero-order valence-corrected chi connectivity index (χ0v) is 18.5. The quantitative estimate of drug-likeness (QED) is 0.497. The van der Waals surface area contributed by atoms with Crippen LogP contribution < -0.4 is 11.1 Å². The first kappa shape index (κ1) is 23.1. The van der Waals surface area contributed by atoms with Gasteiger partial charge in [-0.1, -0.05) is 6.07 Å². The summed E-state index contributed by atoms with van der Waals surface area (Å²) in [6.45, 7) is 1.86. The number of aliphatic hydroxyl groups is 1. The summed E-state index contributed by atoms with van der Waals surface area (Å²) in [5.41, 5.74) is 5.44. The molecule has 2 heterocycles. The van der Waals surface area contributed by atoms with Crippen molar-refractivity contribution in [2.75, 3.05) is 5.32 Å². The number of alkyl halides is 3. The number of aromatic nitrogens is 3. The van der Waals surface area contributed by atoms with E-state index in [2.05, 4.69) is 20.3 Å². The molecule has 1 fully saturated rings. The molecule has 4 N–H and O–H groups in total. The van der Waals surface area contributed by atoms with Gasteiger partial charge in [0.05, 0.1) is 4.88 Å². The first-order chi connectivity index (χ1) is 15.5. The van der Waals surface area contributed by atoms with Crippen LogP contribution in [0.2, 0.25) is 0 Å². The van der Waals surface area contributed by atoms with E-state index in [-0.39, 0.29) is 17.8 Å². The number of nitrogens with zero attached hydrogens (tertiary/aromatic N) is 3. The van der Waals surface area contributed by atoms with Crippen molar-refractivity contribution in [3.05, 3.63) is 52.9 Å². The highest BCUT2D eigenvalue weighted by atomic mass is 32.1. The monoisotopic (exact) mass is 477 g/mol. The molecule has 0 radical (unpaired) electrons. The number of carbonyl (C=O) groups is 1. The van der Waals surface area contributed by atoms with E-state index >= 15 is 0 Å². The van der Waals surface area contributed by atoms with Gasteiger partial charge in [-0.2, -0.15) is 13.2 Å². The average molecular weight is 478 g/mol. The third kappa shape index (κ3) is 5.14. The Labute approximate surface area is 191 Å². The smallest absolute Gasteiger partial charge is 0.383 e. The van der Waals surface area contributed by atoms with Gasteiger partial charge in [-0.15, -0.1) is 11.3 Å². The Balaban J connectivity index is 1.56. The second-order valence-electron chi connectivity index (χ2n) is 8.21. The zero-order chi connectivity index (χ0) is 23.8. The van der Waals surface area contributed by atoms with Gasteiger partial charge >= 0.3 is 6.18 Å². The number of primary amides is 1. The lowest BCUT2D eigenvalue weighted by molar-refractivity contribution is -0.141. The molecule has 1 aromatic carbocycles. The topological polar surface area (TPSA) is 114 Å². The van der Waals surface area contributed by atoms with Gasteiger partial charge < -0.3 is 16.2 Å². The second-order valence-corrected chi connectivity index (χ2v) is 9.24. The number of aryl methyl sites for hydroxylation is 1. The fourth-order valence-corrected chi connectivity index (χ4v) is 4.97. The van der Waals surface area contributed by atoms with E-state index in [0.717, 1.165) is 28.3 Å². The highest BCUT2D eigenvalue weighted by Crippen LogP contribution is 2.43. The highest BCUT2D eigenvalue weighted by molar-refractivity contribution is 7.15. The van der Waals surface area contributed by atoms with Crippen LogP contribution in [0.4, 0.5) is 24.8 Å². The molecule has 2 aromatic heterocycles. The molecule has 0 atom stereocenters. The Morgan fingerprint density at radius 3 is 2.64 bits per heavy atom. The third-order valence-electron chi connectivity index (χ3n) is 5.68. The van der Waals surface area contributed by atoms with Gasteiger partial charge in [-0.3, -0.25) is 4.79 Å². The number of nitrogens with one attached hydrogen (secondary N) is 1. The van der Waals surface area contributed by atoms with Crippen molar-refractivity contribution >= 4 is 28.9 Å². The maximum Gasteiger partial charge on any atom is 0.433 e. The molecule has 33 heavy (non-hydrogen) atoms. The minimum absolute atomic E-state index is 0.160. The van der Waals surface area contributed by atoms with Crippen LogP contribution in [-0.4, -0.2) is 26.0 Å². The lowest BCUT2D eigenvalue weighted by Gasteiger charge is -2.33. The number of nitrogens with two attached hydrogens (primary N) is 1. The summed E-state index contributed by atoms with van der Waals surface area (Å²) in [5, 5.41) is 14.5. The lowest BCUT2D eigenvalue weighted by atomic mass is 9.79.